The van der Waals surface area contributed by atoms with Crippen LogP contribution in [0.3, 0.4) is 0 Å². The highest BCUT2D eigenvalue weighted by molar-refractivity contribution is 5.78. The van der Waals surface area contributed by atoms with Gasteiger partial charge in [-0.05, 0) is 42.8 Å². The predicted octanol–water partition coefficient (Wildman–Crippen LogP) is 4.78. The van der Waals surface area contributed by atoms with Crippen LogP contribution < -0.4 is 4.74 Å². The average molecular weight is 439 g/mol. The number of amides is 1. The fourth-order valence-electron chi connectivity index (χ4n) is 3.34. The van der Waals surface area contributed by atoms with E-state index < -0.39 is 29.8 Å². The summed E-state index contributed by atoms with van der Waals surface area (Å²) in [7, 11) is 0. The average Bonchev–Trinajstić information content (AvgIpc) is 3.31. The number of carbonyl (C=O) groups is 1. The summed E-state index contributed by atoms with van der Waals surface area (Å²) in [6.07, 6.45) is -4.35. The van der Waals surface area contributed by atoms with Gasteiger partial charge in [-0.25, -0.2) is 8.78 Å². The highest BCUT2D eigenvalue weighted by atomic mass is 19.4. The molecule has 1 aromatic heterocycles. The van der Waals surface area contributed by atoms with E-state index in [1.54, 1.807) is 0 Å². The van der Waals surface area contributed by atoms with Crippen LogP contribution in [0.1, 0.15) is 30.3 Å². The van der Waals surface area contributed by atoms with Crippen molar-refractivity contribution in [2.24, 2.45) is 0 Å². The van der Waals surface area contributed by atoms with E-state index in [0.717, 1.165) is 24.3 Å². The van der Waals surface area contributed by atoms with Gasteiger partial charge >= 0.3 is 6.36 Å². The lowest BCUT2D eigenvalue weighted by Gasteiger charge is -2.22. The molecule has 1 unspecified atom stereocenters. The Morgan fingerprint density at radius 1 is 1.10 bits per heavy atom. The molecule has 2 heterocycles. The van der Waals surface area contributed by atoms with Crippen LogP contribution in [-0.2, 0) is 11.3 Å². The second-order valence-electron chi connectivity index (χ2n) is 6.80. The first kappa shape index (κ1) is 20.8. The van der Waals surface area contributed by atoms with Gasteiger partial charge in [0, 0.05) is 17.5 Å². The van der Waals surface area contributed by atoms with E-state index in [2.05, 4.69) is 14.9 Å². The third-order valence-corrected chi connectivity index (χ3v) is 4.79. The van der Waals surface area contributed by atoms with E-state index in [1.807, 2.05) is 0 Å². The van der Waals surface area contributed by atoms with Crippen LogP contribution in [-0.4, -0.2) is 27.3 Å². The molecule has 1 saturated heterocycles. The number of carbonyl (C=O) groups excluding carboxylic acids is 1. The Balaban J connectivity index is 1.54. The topological polar surface area (TPSA) is 68.5 Å². The van der Waals surface area contributed by atoms with Crippen LogP contribution in [0.2, 0.25) is 0 Å². The summed E-state index contributed by atoms with van der Waals surface area (Å²) in [6, 6.07) is 7.60. The summed E-state index contributed by atoms with van der Waals surface area (Å²) in [5.74, 6) is -2.12. The molecule has 0 bridgehead atoms. The van der Waals surface area contributed by atoms with E-state index in [1.165, 1.54) is 23.1 Å². The number of hydrogen-bond acceptors (Lipinski definition) is 5. The van der Waals surface area contributed by atoms with Crippen molar-refractivity contribution in [3.63, 3.8) is 0 Å². The van der Waals surface area contributed by atoms with Gasteiger partial charge in [0.1, 0.15) is 23.4 Å². The molecule has 31 heavy (non-hydrogen) atoms. The van der Waals surface area contributed by atoms with Gasteiger partial charge in [-0.3, -0.25) is 4.79 Å². The Bertz CT molecular complexity index is 1080. The number of nitrogens with zero attached hydrogens (tertiary/aromatic N) is 3. The maximum absolute atomic E-state index is 14.0. The zero-order valence-corrected chi connectivity index (χ0v) is 15.7. The highest BCUT2D eigenvalue weighted by Crippen LogP contribution is 2.35. The van der Waals surface area contributed by atoms with Gasteiger partial charge in [0.2, 0.25) is 17.6 Å². The fourth-order valence-corrected chi connectivity index (χ4v) is 3.34. The Morgan fingerprint density at radius 2 is 1.77 bits per heavy atom. The van der Waals surface area contributed by atoms with E-state index in [4.69, 9.17) is 4.52 Å². The van der Waals surface area contributed by atoms with Gasteiger partial charge in [-0.1, -0.05) is 11.2 Å². The molecule has 0 saturated carbocycles. The molecule has 11 heteroatoms. The molecule has 162 valence electrons. The molecule has 1 atom stereocenters. The Morgan fingerprint density at radius 3 is 2.42 bits per heavy atom. The molecule has 1 fully saturated rings. The first-order chi connectivity index (χ1) is 14.7. The number of benzene rings is 2. The molecular weight excluding hydrogens is 425 g/mol. The summed E-state index contributed by atoms with van der Waals surface area (Å²) < 4.78 is 73.9. The monoisotopic (exact) mass is 439 g/mol. The molecule has 6 nitrogen and oxygen atoms in total. The maximum atomic E-state index is 14.0. The van der Waals surface area contributed by atoms with Crippen LogP contribution >= 0.6 is 0 Å². The Hall–Kier alpha value is -3.50. The molecule has 0 N–H and O–H groups in total. The molecule has 0 spiro atoms. The van der Waals surface area contributed by atoms with Gasteiger partial charge in [-0.2, -0.15) is 4.98 Å². The molecule has 1 amide bonds. The molecule has 0 radical (unpaired) electrons. The quantitative estimate of drug-likeness (QED) is 0.536. The van der Waals surface area contributed by atoms with Crippen molar-refractivity contribution >= 4 is 5.91 Å². The van der Waals surface area contributed by atoms with E-state index in [0.29, 0.717) is 12.0 Å². The lowest BCUT2D eigenvalue weighted by Crippen LogP contribution is -2.28. The first-order valence-electron chi connectivity index (χ1n) is 9.13. The van der Waals surface area contributed by atoms with Crippen molar-refractivity contribution < 1.29 is 36.0 Å². The number of aromatic nitrogens is 2. The van der Waals surface area contributed by atoms with Gasteiger partial charge in [-0.15, -0.1) is 13.2 Å². The second-order valence-corrected chi connectivity index (χ2v) is 6.80. The number of hydrogen-bond donors (Lipinski definition) is 0. The van der Waals surface area contributed by atoms with Crippen LogP contribution in [0.5, 0.6) is 5.75 Å². The van der Waals surface area contributed by atoms with E-state index >= 15 is 0 Å². The van der Waals surface area contributed by atoms with Crippen molar-refractivity contribution in [3.05, 3.63) is 65.6 Å². The molecule has 3 aromatic rings. The van der Waals surface area contributed by atoms with Crippen molar-refractivity contribution in [1.82, 2.24) is 15.0 Å². The lowest BCUT2D eigenvalue weighted by atomic mass is 10.1. The molecule has 4 rings (SSSR count). The van der Waals surface area contributed by atoms with Crippen molar-refractivity contribution in [3.8, 4) is 17.1 Å². The molecular formula is C20H14F5N3O3. The molecule has 1 aliphatic rings. The van der Waals surface area contributed by atoms with Crippen molar-refractivity contribution in [2.75, 3.05) is 0 Å². The number of likely N-dealkylation sites (tertiary alicyclic amines) is 1. The zero-order valence-electron chi connectivity index (χ0n) is 15.7. The second kappa shape index (κ2) is 7.97. The summed E-state index contributed by atoms with van der Waals surface area (Å²) in [6.45, 7) is -0.302. The third kappa shape index (κ3) is 4.49. The largest absolute Gasteiger partial charge is 0.573 e. The minimum Gasteiger partial charge on any atom is -0.406 e. The van der Waals surface area contributed by atoms with Crippen molar-refractivity contribution in [1.29, 1.82) is 0 Å². The summed E-state index contributed by atoms with van der Waals surface area (Å²) in [5, 5.41) is 3.80. The van der Waals surface area contributed by atoms with Gasteiger partial charge < -0.3 is 14.2 Å². The maximum Gasteiger partial charge on any atom is 0.573 e. The molecule has 2 aromatic carbocycles. The number of halogens is 5. The van der Waals surface area contributed by atoms with Crippen LogP contribution in [0.25, 0.3) is 11.4 Å². The van der Waals surface area contributed by atoms with Crippen LogP contribution in [0.15, 0.2) is 47.0 Å². The van der Waals surface area contributed by atoms with E-state index in [9.17, 15) is 26.7 Å². The molecule has 0 aliphatic carbocycles. The third-order valence-electron chi connectivity index (χ3n) is 4.79. The van der Waals surface area contributed by atoms with Crippen molar-refractivity contribution in [2.45, 2.75) is 31.8 Å². The number of alkyl halides is 3. The lowest BCUT2D eigenvalue weighted by molar-refractivity contribution is -0.274. The van der Waals surface area contributed by atoms with Gasteiger partial charge in [0.25, 0.3) is 0 Å². The summed E-state index contributed by atoms with van der Waals surface area (Å²) in [4.78, 5) is 17.8. The smallest absolute Gasteiger partial charge is 0.406 e. The summed E-state index contributed by atoms with van der Waals surface area (Å²) >= 11 is 0. The predicted molar refractivity (Wildman–Crippen MR) is 95.3 cm³/mol. The minimum atomic E-state index is -4.81. The molecule has 1 aliphatic heterocycles. The Labute approximate surface area is 172 Å². The number of ether oxygens (including phenoxy) is 1. The first-order valence-corrected chi connectivity index (χ1v) is 9.13. The zero-order chi connectivity index (χ0) is 22.2. The van der Waals surface area contributed by atoms with Crippen LogP contribution in [0.4, 0.5) is 22.0 Å². The highest BCUT2D eigenvalue weighted by Gasteiger charge is 2.37. The SMILES string of the molecule is O=C1CCC(c2nc(-c3ccc(OC(F)(F)F)cc3)no2)N1Cc1c(F)cccc1F. The van der Waals surface area contributed by atoms with Gasteiger partial charge in [0.15, 0.2) is 0 Å². The minimum absolute atomic E-state index is 0.0632. The normalized spacial score (nSPS) is 16.7. The Kier molecular flexibility index (Phi) is 5.34. The fraction of sp³-hybridized carbons (Fsp3) is 0.250. The van der Waals surface area contributed by atoms with Crippen LogP contribution in [0, 0.1) is 11.6 Å². The van der Waals surface area contributed by atoms with Gasteiger partial charge in [0.05, 0.1) is 6.54 Å². The van der Waals surface area contributed by atoms with E-state index in [-0.39, 0.29) is 36.2 Å². The standard InChI is InChI=1S/C20H14F5N3O3/c21-14-2-1-3-15(22)13(14)10-28-16(8-9-17(28)29)19-26-18(27-31-19)11-4-6-12(7-5-11)30-20(23,24)25/h1-7,16H,8-10H2. The summed E-state index contributed by atoms with van der Waals surface area (Å²) in [5.41, 5.74) is 0.114. The number of rotatable bonds is 5.